The number of carbonyl (C=O) groups excluding carboxylic acids is 1. The van der Waals surface area contributed by atoms with Crippen LogP contribution in [0, 0.1) is 36.5 Å². The predicted octanol–water partition coefficient (Wildman–Crippen LogP) is 8.24. The van der Waals surface area contributed by atoms with Crippen molar-refractivity contribution in [3.05, 3.63) is 71.5 Å². The molecule has 5 heteroatoms. The summed E-state index contributed by atoms with van der Waals surface area (Å²) in [6.45, 7) is 15.9. The number of allylic oxidation sites excluding steroid dienone is 3. The molecule has 1 aromatic rings. The van der Waals surface area contributed by atoms with Gasteiger partial charge in [-0.1, -0.05) is 89.1 Å². The molecule has 0 atom stereocenters. The Morgan fingerprint density at radius 3 is 2.21 bits per heavy atom. The van der Waals surface area contributed by atoms with Crippen molar-refractivity contribution in [3.63, 3.8) is 0 Å². The number of hydrogen-bond acceptors (Lipinski definition) is 3. The van der Waals surface area contributed by atoms with E-state index in [0.717, 1.165) is 29.7 Å². The Morgan fingerprint density at radius 2 is 1.76 bits per heavy atom. The topological polar surface area (TPSA) is 62.5 Å². The summed E-state index contributed by atoms with van der Waals surface area (Å²) in [5, 5.41) is 7.93. The molecule has 0 fully saturated rings. The third kappa shape index (κ3) is 19.5. The molecule has 33 heavy (non-hydrogen) atoms. The smallest absolute Gasteiger partial charge is 0.162 e. The number of ether oxygens (including phenoxy) is 1. The predicted molar refractivity (Wildman–Crippen MR) is 140 cm³/mol. The van der Waals surface area contributed by atoms with Crippen LogP contribution in [0.2, 0.25) is 0 Å². The molecule has 4 nitrogen and oxygen atoms in total. The van der Waals surface area contributed by atoms with Crippen molar-refractivity contribution in [1.82, 2.24) is 0 Å². The van der Waals surface area contributed by atoms with Gasteiger partial charge < -0.3 is 15.1 Å². The molecule has 0 aliphatic carbocycles. The van der Waals surface area contributed by atoms with Crippen LogP contribution in [-0.4, -0.2) is 23.9 Å². The molecular formula is C28H43N2O2U-. The molecule has 1 aromatic carbocycles. The Labute approximate surface area is 226 Å². The van der Waals surface area contributed by atoms with Crippen LogP contribution in [-0.2, 0) is 4.74 Å². The molecule has 0 bridgehead atoms. The Balaban J connectivity index is -0.000000545. The summed E-state index contributed by atoms with van der Waals surface area (Å²) in [6, 6.07) is 9.42. The minimum Gasteiger partial charge on any atom is -0.491 e. The first kappa shape index (κ1) is 35.9. The van der Waals surface area contributed by atoms with Gasteiger partial charge in [0.15, 0.2) is 5.78 Å². The number of hydrogen-bond donors (Lipinski definition) is 1. The minimum absolute atomic E-state index is 0. The number of nitrogens with one attached hydrogen (secondary N) is 1. The van der Waals surface area contributed by atoms with Crippen LogP contribution >= 0.6 is 0 Å². The zero-order chi connectivity index (χ0) is 24.8. The fraction of sp³-hybridized carbons (Fsp3) is 0.464. The summed E-state index contributed by atoms with van der Waals surface area (Å²) in [5.41, 5.74) is 1.55. The second kappa shape index (κ2) is 24.9. The summed E-state index contributed by atoms with van der Waals surface area (Å²) >= 11 is 0. The number of Topliss-reactive ketones (excluding diaryl/α,β-unsaturated/α-hetero) is 1. The molecular weight excluding hydrogens is 634 g/mol. The van der Waals surface area contributed by atoms with E-state index in [4.69, 9.17) is 10.1 Å². The second-order valence-electron chi connectivity index (χ2n) is 6.79. The molecule has 0 heterocycles. The van der Waals surface area contributed by atoms with Gasteiger partial charge in [0.1, 0.15) is 5.76 Å². The third-order valence-electron chi connectivity index (χ3n) is 3.62. The van der Waals surface area contributed by atoms with E-state index >= 15 is 0 Å². The van der Waals surface area contributed by atoms with Crippen molar-refractivity contribution < 1.29 is 40.6 Å². The molecule has 0 aliphatic heterocycles. The first-order valence-corrected chi connectivity index (χ1v) is 11.7. The first-order valence-electron chi connectivity index (χ1n) is 11.7. The Morgan fingerprint density at radius 1 is 1.15 bits per heavy atom. The number of nitrogens with zero attached hydrogens (tertiary/aromatic N) is 1. The standard InChI is InChI=1S/C16H25N2O.C10H12O.C2H6.U/c1-6-9-14(16(17)18-11-8-3)12-15(10-7-2)19-13(4)5;1-2-6-10(11)9-7-4-3-5-8-9;1-2;/h6,9-10,12-13,17H,7-8H2,1-5H3;3-5,7-8H,2,6H2,1H3;1-2H3;/q-1;;;/b9-6-,14-12+,15-10-,17-16?;;;. The Bertz CT molecular complexity index is 748. The molecule has 1 rings (SSSR count). The van der Waals surface area contributed by atoms with Crippen LogP contribution in [0.1, 0.15) is 91.4 Å². The normalized spacial score (nSPS) is 11.3. The van der Waals surface area contributed by atoms with Crippen molar-refractivity contribution in [2.45, 2.75) is 87.2 Å². The van der Waals surface area contributed by atoms with Gasteiger partial charge in [-0.15, -0.1) is 0 Å². The zero-order valence-electron chi connectivity index (χ0n) is 21.9. The van der Waals surface area contributed by atoms with Crippen LogP contribution in [0.3, 0.4) is 0 Å². The first-order chi connectivity index (χ1) is 15.4. The van der Waals surface area contributed by atoms with Crippen molar-refractivity contribution in [2.75, 3.05) is 0 Å². The number of carbonyl (C=O) groups is 1. The fourth-order valence-electron chi connectivity index (χ4n) is 2.36. The summed E-state index contributed by atoms with van der Waals surface area (Å²) < 4.78 is 5.71. The molecule has 0 radical (unpaired) electrons. The summed E-state index contributed by atoms with van der Waals surface area (Å²) in [4.78, 5) is 15.2. The van der Waals surface area contributed by atoms with E-state index in [1.807, 2.05) is 103 Å². The summed E-state index contributed by atoms with van der Waals surface area (Å²) in [5.74, 6) is 1.23. The maximum absolute atomic E-state index is 11.2. The molecule has 182 valence electrons. The SMILES string of the molecule is CC.CCCC(=O)c1ccccc1.C\C=C/C(=C\C(=C\CC)OC(C)C)C(=N)N=[C-]CC.[U]. The van der Waals surface area contributed by atoms with E-state index in [1.165, 1.54) is 0 Å². The van der Waals surface area contributed by atoms with Crippen LogP contribution in [0.15, 0.2) is 71.0 Å². The Kier molecular flexibility index (Phi) is 27.1. The molecule has 1 N–H and O–H groups in total. The van der Waals surface area contributed by atoms with Crippen molar-refractivity contribution >= 4 is 17.8 Å². The molecule has 0 spiro atoms. The third-order valence-corrected chi connectivity index (χ3v) is 3.62. The molecule has 0 aromatic heterocycles. The van der Waals surface area contributed by atoms with E-state index in [-0.39, 0.29) is 48.8 Å². The van der Waals surface area contributed by atoms with Crippen LogP contribution in [0.4, 0.5) is 0 Å². The number of aliphatic imine (C=N–C) groups is 1. The van der Waals surface area contributed by atoms with Gasteiger partial charge in [-0.05, 0) is 51.6 Å². The van der Waals surface area contributed by atoms with Crippen LogP contribution in [0.25, 0.3) is 0 Å². The average Bonchev–Trinajstić information content (AvgIpc) is 2.79. The van der Waals surface area contributed by atoms with E-state index in [9.17, 15) is 4.79 Å². The van der Waals surface area contributed by atoms with E-state index in [1.54, 1.807) is 0 Å². The maximum Gasteiger partial charge on any atom is 0.162 e. The van der Waals surface area contributed by atoms with E-state index < -0.39 is 0 Å². The van der Waals surface area contributed by atoms with Gasteiger partial charge in [-0.3, -0.25) is 4.79 Å². The number of rotatable bonds is 10. The molecule has 0 aliphatic rings. The quantitative estimate of drug-likeness (QED) is 0.0678. The van der Waals surface area contributed by atoms with Gasteiger partial charge in [0.25, 0.3) is 0 Å². The number of benzene rings is 1. The van der Waals surface area contributed by atoms with Gasteiger partial charge >= 0.3 is 0 Å². The number of amidine groups is 1. The van der Waals surface area contributed by atoms with E-state index in [0.29, 0.717) is 12.8 Å². The summed E-state index contributed by atoms with van der Waals surface area (Å²) in [6.07, 6.45) is 13.7. The van der Waals surface area contributed by atoms with Crippen LogP contribution in [0.5, 0.6) is 0 Å². The van der Waals surface area contributed by atoms with Gasteiger partial charge in [0.05, 0.1) is 6.10 Å². The molecule has 0 amide bonds. The average molecular weight is 678 g/mol. The number of ketones is 1. The zero-order valence-corrected chi connectivity index (χ0v) is 26.0. The Hall–Kier alpha value is -1.70. The van der Waals surface area contributed by atoms with Crippen molar-refractivity contribution in [1.29, 1.82) is 5.41 Å². The minimum atomic E-state index is 0. The van der Waals surface area contributed by atoms with Crippen LogP contribution < -0.4 is 0 Å². The van der Waals surface area contributed by atoms with E-state index in [2.05, 4.69) is 18.1 Å². The van der Waals surface area contributed by atoms with Crippen molar-refractivity contribution in [2.24, 2.45) is 4.99 Å². The van der Waals surface area contributed by atoms with Gasteiger partial charge in [-0.25, -0.2) is 0 Å². The van der Waals surface area contributed by atoms with Crippen molar-refractivity contribution in [3.8, 4) is 0 Å². The molecule has 0 saturated carbocycles. The maximum atomic E-state index is 11.2. The largest absolute Gasteiger partial charge is 0.491 e. The van der Waals surface area contributed by atoms with Gasteiger partial charge in [-0.2, -0.15) is 6.21 Å². The summed E-state index contributed by atoms with van der Waals surface area (Å²) in [7, 11) is 0. The molecule has 0 unspecified atom stereocenters. The fourth-order valence-corrected chi connectivity index (χ4v) is 2.36. The van der Waals surface area contributed by atoms with Gasteiger partial charge in [0.2, 0.25) is 0 Å². The monoisotopic (exact) mass is 677 g/mol. The molecule has 0 saturated heterocycles. The van der Waals surface area contributed by atoms with Gasteiger partial charge in [0, 0.05) is 43.1 Å². The second-order valence-corrected chi connectivity index (χ2v) is 6.79.